The summed E-state index contributed by atoms with van der Waals surface area (Å²) in [6.07, 6.45) is 0. The predicted molar refractivity (Wildman–Crippen MR) is 71.2 cm³/mol. The van der Waals surface area contributed by atoms with Gasteiger partial charge in [0.25, 0.3) is 5.91 Å². The standard InChI is InChI=1S/C13H19N3O2/c1-4-16(8-12(17)15-3)13(18)10-5-6-11(14)9(2)7-10/h5-7H,4,8,14H2,1-3H3,(H,15,17). The lowest BCUT2D eigenvalue weighted by Gasteiger charge is -2.20. The Morgan fingerprint density at radius 1 is 1.39 bits per heavy atom. The van der Waals surface area contributed by atoms with Crippen molar-refractivity contribution < 1.29 is 9.59 Å². The van der Waals surface area contributed by atoms with E-state index in [1.165, 1.54) is 4.90 Å². The summed E-state index contributed by atoms with van der Waals surface area (Å²) in [6.45, 7) is 4.23. The second kappa shape index (κ2) is 6.05. The highest BCUT2D eigenvalue weighted by Crippen LogP contribution is 2.14. The van der Waals surface area contributed by atoms with Gasteiger partial charge in [0.05, 0.1) is 6.54 Å². The fourth-order valence-electron chi connectivity index (χ4n) is 1.57. The van der Waals surface area contributed by atoms with Crippen LogP contribution in [0.1, 0.15) is 22.8 Å². The number of nitrogens with zero attached hydrogens (tertiary/aromatic N) is 1. The Hall–Kier alpha value is -2.04. The molecule has 0 aromatic heterocycles. The Morgan fingerprint density at radius 3 is 2.56 bits per heavy atom. The quantitative estimate of drug-likeness (QED) is 0.774. The molecule has 0 radical (unpaired) electrons. The zero-order chi connectivity index (χ0) is 13.7. The molecule has 0 atom stereocenters. The number of aryl methyl sites for hydroxylation is 1. The van der Waals surface area contributed by atoms with E-state index in [2.05, 4.69) is 5.32 Å². The summed E-state index contributed by atoms with van der Waals surface area (Å²) in [5.74, 6) is -0.346. The van der Waals surface area contributed by atoms with E-state index in [1.807, 2.05) is 13.8 Å². The fourth-order valence-corrected chi connectivity index (χ4v) is 1.57. The van der Waals surface area contributed by atoms with Gasteiger partial charge in [0, 0.05) is 24.8 Å². The number of hydrogen-bond acceptors (Lipinski definition) is 3. The van der Waals surface area contributed by atoms with Gasteiger partial charge in [0.15, 0.2) is 0 Å². The minimum Gasteiger partial charge on any atom is -0.399 e. The number of carbonyl (C=O) groups is 2. The summed E-state index contributed by atoms with van der Waals surface area (Å²) in [4.78, 5) is 25.0. The first-order valence-electron chi connectivity index (χ1n) is 5.85. The molecule has 2 amide bonds. The average Bonchev–Trinajstić information content (AvgIpc) is 2.38. The van der Waals surface area contributed by atoms with Crippen LogP contribution in [0.15, 0.2) is 18.2 Å². The van der Waals surface area contributed by atoms with Crippen molar-refractivity contribution in [3.8, 4) is 0 Å². The molecule has 1 aromatic rings. The van der Waals surface area contributed by atoms with Crippen LogP contribution in [0.4, 0.5) is 5.69 Å². The van der Waals surface area contributed by atoms with E-state index in [0.29, 0.717) is 17.8 Å². The van der Waals surface area contributed by atoms with Gasteiger partial charge in [-0.25, -0.2) is 0 Å². The lowest BCUT2D eigenvalue weighted by atomic mass is 10.1. The fraction of sp³-hybridized carbons (Fsp3) is 0.385. The smallest absolute Gasteiger partial charge is 0.254 e. The average molecular weight is 249 g/mol. The molecule has 0 spiro atoms. The van der Waals surface area contributed by atoms with Crippen molar-refractivity contribution in [2.45, 2.75) is 13.8 Å². The van der Waals surface area contributed by atoms with Crippen molar-refractivity contribution >= 4 is 17.5 Å². The van der Waals surface area contributed by atoms with Crippen LogP contribution in [0.25, 0.3) is 0 Å². The lowest BCUT2D eigenvalue weighted by Crippen LogP contribution is -2.39. The molecule has 5 heteroatoms. The summed E-state index contributed by atoms with van der Waals surface area (Å²) in [5.41, 5.74) is 7.77. The Labute approximate surface area is 107 Å². The largest absolute Gasteiger partial charge is 0.399 e. The first-order chi connectivity index (χ1) is 8.49. The number of likely N-dealkylation sites (N-methyl/N-ethyl adjacent to an activating group) is 2. The summed E-state index contributed by atoms with van der Waals surface area (Å²) in [5, 5.41) is 2.50. The zero-order valence-electron chi connectivity index (χ0n) is 11.0. The van der Waals surface area contributed by atoms with Crippen LogP contribution in [-0.4, -0.2) is 36.9 Å². The molecule has 3 N–H and O–H groups in total. The molecule has 5 nitrogen and oxygen atoms in total. The highest BCUT2D eigenvalue weighted by atomic mass is 16.2. The summed E-state index contributed by atoms with van der Waals surface area (Å²) in [7, 11) is 1.55. The maximum atomic E-state index is 12.2. The topological polar surface area (TPSA) is 75.4 Å². The van der Waals surface area contributed by atoms with Gasteiger partial charge >= 0.3 is 0 Å². The number of benzene rings is 1. The number of rotatable bonds is 4. The van der Waals surface area contributed by atoms with Crippen molar-refractivity contribution in [1.82, 2.24) is 10.2 Å². The molecule has 0 aliphatic carbocycles. The summed E-state index contributed by atoms with van der Waals surface area (Å²) >= 11 is 0. The van der Waals surface area contributed by atoms with Crippen molar-refractivity contribution in [3.05, 3.63) is 29.3 Å². The minimum atomic E-state index is -0.183. The second-order valence-electron chi connectivity index (χ2n) is 4.06. The van der Waals surface area contributed by atoms with Crippen molar-refractivity contribution in [3.63, 3.8) is 0 Å². The number of nitrogens with two attached hydrogens (primary N) is 1. The minimum absolute atomic E-state index is 0.0647. The molecule has 0 aliphatic rings. The third-order valence-electron chi connectivity index (χ3n) is 2.80. The first-order valence-corrected chi connectivity index (χ1v) is 5.85. The summed E-state index contributed by atoms with van der Waals surface area (Å²) < 4.78 is 0. The van der Waals surface area contributed by atoms with Crippen LogP contribution in [0.5, 0.6) is 0 Å². The maximum absolute atomic E-state index is 12.2. The van der Waals surface area contributed by atoms with Gasteiger partial charge in [-0.15, -0.1) is 0 Å². The van der Waals surface area contributed by atoms with Gasteiger partial charge in [-0.3, -0.25) is 9.59 Å². The van der Waals surface area contributed by atoms with Gasteiger partial charge < -0.3 is 16.0 Å². The normalized spacial score (nSPS) is 9.94. The SMILES string of the molecule is CCN(CC(=O)NC)C(=O)c1ccc(N)c(C)c1. The van der Waals surface area contributed by atoms with Crippen molar-refractivity contribution in [2.75, 3.05) is 25.9 Å². The molecule has 1 aromatic carbocycles. The summed E-state index contributed by atoms with van der Waals surface area (Å²) in [6, 6.07) is 5.12. The van der Waals surface area contributed by atoms with Crippen LogP contribution in [-0.2, 0) is 4.79 Å². The molecule has 0 bridgehead atoms. The molecular weight excluding hydrogens is 230 g/mol. The van der Waals surface area contributed by atoms with Gasteiger partial charge in [0.2, 0.25) is 5.91 Å². The van der Waals surface area contributed by atoms with E-state index in [1.54, 1.807) is 25.2 Å². The highest BCUT2D eigenvalue weighted by molar-refractivity contribution is 5.97. The van der Waals surface area contributed by atoms with Crippen molar-refractivity contribution in [2.24, 2.45) is 0 Å². The zero-order valence-corrected chi connectivity index (χ0v) is 11.0. The van der Waals surface area contributed by atoms with Gasteiger partial charge in [-0.05, 0) is 37.6 Å². The molecular formula is C13H19N3O2. The number of amides is 2. The Balaban J connectivity index is 2.89. The van der Waals surface area contributed by atoms with Gasteiger partial charge in [-0.2, -0.15) is 0 Å². The molecule has 0 unspecified atom stereocenters. The Kier molecular flexibility index (Phi) is 4.71. The molecule has 0 aliphatic heterocycles. The molecule has 0 heterocycles. The van der Waals surface area contributed by atoms with E-state index in [9.17, 15) is 9.59 Å². The van der Waals surface area contributed by atoms with E-state index in [0.717, 1.165) is 5.56 Å². The van der Waals surface area contributed by atoms with Crippen LogP contribution in [0, 0.1) is 6.92 Å². The van der Waals surface area contributed by atoms with Gasteiger partial charge in [-0.1, -0.05) is 0 Å². The van der Waals surface area contributed by atoms with Crippen molar-refractivity contribution in [1.29, 1.82) is 0 Å². The van der Waals surface area contributed by atoms with Gasteiger partial charge in [0.1, 0.15) is 0 Å². The number of nitrogens with one attached hydrogen (secondary N) is 1. The first kappa shape index (κ1) is 14.0. The molecule has 18 heavy (non-hydrogen) atoms. The van der Waals surface area contributed by atoms with Crippen LogP contribution < -0.4 is 11.1 Å². The second-order valence-corrected chi connectivity index (χ2v) is 4.06. The highest BCUT2D eigenvalue weighted by Gasteiger charge is 2.17. The number of anilines is 1. The monoisotopic (exact) mass is 249 g/mol. The molecule has 0 saturated heterocycles. The third kappa shape index (κ3) is 3.23. The lowest BCUT2D eigenvalue weighted by molar-refractivity contribution is -0.121. The number of nitrogen functional groups attached to an aromatic ring is 1. The Bertz CT molecular complexity index is 458. The number of carbonyl (C=O) groups excluding carboxylic acids is 2. The predicted octanol–water partition coefficient (Wildman–Crippen LogP) is 0.785. The molecule has 98 valence electrons. The number of hydrogen-bond donors (Lipinski definition) is 2. The Morgan fingerprint density at radius 2 is 2.06 bits per heavy atom. The molecule has 0 saturated carbocycles. The van der Waals surface area contributed by atoms with E-state index >= 15 is 0 Å². The van der Waals surface area contributed by atoms with E-state index in [-0.39, 0.29) is 18.4 Å². The van der Waals surface area contributed by atoms with Crippen LogP contribution >= 0.6 is 0 Å². The van der Waals surface area contributed by atoms with Crippen LogP contribution in [0.3, 0.4) is 0 Å². The van der Waals surface area contributed by atoms with E-state index < -0.39 is 0 Å². The molecule has 0 fully saturated rings. The van der Waals surface area contributed by atoms with E-state index in [4.69, 9.17) is 5.73 Å². The van der Waals surface area contributed by atoms with Crippen LogP contribution in [0.2, 0.25) is 0 Å². The third-order valence-corrected chi connectivity index (χ3v) is 2.80. The maximum Gasteiger partial charge on any atom is 0.254 e. The molecule has 1 rings (SSSR count).